The number of likely N-dealkylation sites (N-methyl/N-ethyl adjacent to an activating group) is 1. The Balaban J connectivity index is 2.33. The maximum atomic E-state index is 10.9. The molecule has 0 amide bonds. The van der Waals surface area contributed by atoms with Crippen LogP contribution in [0.4, 0.5) is 0 Å². The molecule has 0 saturated heterocycles. The Kier molecular flexibility index (Phi) is 4.31. The number of carbonyl (C=O) groups is 1. The van der Waals surface area contributed by atoms with Crippen LogP contribution in [0.15, 0.2) is 23.7 Å². The minimum Gasteiger partial charge on any atom is -0.476 e. The number of aromatic nitrogens is 2. The van der Waals surface area contributed by atoms with Crippen LogP contribution in [0.3, 0.4) is 0 Å². The molecular weight excluding hydrogens is 266 g/mol. The van der Waals surface area contributed by atoms with E-state index in [-0.39, 0.29) is 18.3 Å². The lowest BCUT2D eigenvalue weighted by molar-refractivity contribution is 0.0690. The summed E-state index contributed by atoms with van der Waals surface area (Å²) in [6.45, 7) is 0.510. The molecule has 0 saturated carbocycles. The third-order valence-electron chi connectivity index (χ3n) is 2.79. The van der Waals surface area contributed by atoms with Crippen molar-refractivity contribution in [2.45, 2.75) is 6.04 Å². The minimum atomic E-state index is -1.03. The number of carboxylic acids is 1. The summed E-state index contributed by atoms with van der Waals surface area (Å²) >= 11 is 1.30. The Morgan fingerprint density at radius 2 is 2.42 bits per heavy atom. The molecule has 6 nitrogen and oxygen atoms in total. The molecule has 1 unspecified atom stereocenters. The molecule has 0 fully saturated rings. The van der Waals surface area contributed by atoms with E-state index in [0.29, 0.717) is 11.6 Å². The molecule has 0 radical (unpaired) electrons. The number of thiazole rings is 1. The molecule has 0 aliphatic heterocycles. The van der Waals surface area contributed by atoms with Crippen molar-refractivity contribution in [3.63, 3.8) is 0 Å². The highest BCUT2D eigenvalue weighted by atomic mass is 32.1. The summed E-state index contributed by atoms with van der Waals surface area (Å²) in [4.78, 5) is 20.1. The van der Waals surface area contributed by atoms with Gasteiger partial charge in [0.2, 0.25) is 0 Å². The molecule has 1 atom stereocenters. The molecule has 102 valence electrons. The number of aliphatic hydroxyl groups is 1. The van der Waals surface area contributed by atoms with E-state index in [4.69, 9.17) is 10.2 Å². The van der Waals surface area contributed by atoms with Gasteiger partial charge in [-0.2, -0.15) is 0 Å². The molecule has 2 aromatic heterocycles. The first-order chi connectivity index (χ1) is 9.13. The van der Waals surface area contributed by atoms with Crippen molar-refractivity contribution in [1.29, 1.82) is 0 Å². The van der Waals surface area contributed by atoms with Crippen molar-refractivity contribution in [2.75, 3.05) is 20.2 Å². The number of hydrogen-bond donors (Lipinski definition) is 3. The smallest absolute Gasteiger partial charge is 0.355 e. The monoisotopic (exact) mass is 281 g/mol. The zero-order chi connectivity index (χ0) is 13.8. The third-order valence-corrected chi connectivity index (χ3v) is 3.68. The molecule has 3 N–H and O–H groups in total. The van der Waals surface area contributed by atoms with Crippen LogP contribution in [0.2, 0.25) is 0 Å². The summed E-state index contributed by atoms with van der Waals surface area (Å²) in [5, 5.41) is 20.2. The second kappa shape index (κ2) is 5.96. The van der Waals surface area contributed by atoms with Crippen LogP contribution in [0, 0.1) is 0 Å². The second-order valence-electron chi connectivity index (χ2n) is 4.11. The summed E-state index contributed by atoms with van der Waals surface area (Å²) in [7, 11) is 1.86. The quantitative estimate of drug-likeness (QED) is 0.740. The van der Waals surface area contributed by atoms with Crippen molar-refractivity contribution >= 4 is 17.3 Å². The molecule has 0 aliphatic carbocycles. The first kappa shape index (κ1) is 13.7. The van der Waals surface area contributed by atoms with Crippen LogP contribution >= 0.6 is 11.3 Å². The van der Waals surface area contributed by atoms with E-state index >= 15 is 0 Å². The number of aromatic carboxylic acids is 1. The normalized spacial score (nSPS) is 12.8. The summed E-state index contributed by atoms with van der Waals surface area (Å²) in [5.74, 6) is -1.03. The van der Waals surface area contributed by atoms with Crippen molar-refractivity contribution in [1.82, 2.24) is 14.9 Å². The van der Waals surface area contributed by atoms with Gasteiger partial charge in [0, 0.05) is 23.8 Å². The number of aliphatic hydroxyl groups excluding tert-OH is 1. The number of rotatable bonds is 6. The highest BCUT2D eigenvalue weighted by Crippen LogP contribution is 2.28. The Morgan fingerprint density at radius 3 is 2.95 bits per heavy atom. The summed E-state index contributed by atoms with van der Waals surface area (Å²) in [6.07, 6.45) is 1.81. The Bertz CT molecular complexity index is 538. The standard InChI is InChI=1S/C12H15N3O3S/c1-15(5-6-16)10(8-3-2-4-13-8)11-14-9(7-19-11)12(17)18/h2-4,7,10,13,16H,5-6H2,1H3,(H,17,18). The average Bonchev–Trinajstić information content (AvgIpc) is 3.01. The number of nitrogens with one attached hydrogen (secondary N) is 1. The van der Waals surface area contributed by atoms with Gasteiger partial charge in [0.15, 0.2) is 5.69 Å². The molecule has 2 rings (SSSR count). The van der Waals surface area contributed by atoms with Gasteiger partial charge in [-0.15, -0.1) is 11.3 Å². The third kappa shape index (κ3) is 3.01. The fraction of sp³-hybridized carbons (Fsp3) is 0.333. The van der Waals surface area contributed by atoms with E-state index < -0.39 is 5.97 Å². The predicted octanol–water partition coefficient (Wildman–Crippen LogP) is 1.18. The van der Waals surface area contributed by atoms with E-state index in [1.54, 1.807) is 6.20 Å². The topological polar surface area (TPSA) is 89.5 Å². The number of nitrogens with zero attached hydrogens (tertiary/aromatic N) is 2. The summed E-state index contributed by atoms with van der Waals surface area (Å²) in [5.41, 5.74) is 0.969. The van der Waals surface area contributed by atoms with Gasteiger partial charge in [0.25, 0.3) is 0 Å². The highest BCUT2D eigenvalue weighted by molar-refractivity contribution is 7.09. The molecule has 2 aromatic rings. The van der Waals surface area contributed by atoms with Gasteiger partial charge in [-0.1, -0.05) is 0 Å². The fourth-order valence-electron chi connectivity index (χ4n) is 1.87. The molecule has 0 bridgehead atoms. The Labute approximate surface area is 114 Å². The zero-order valence-electron chi connectivity index (χ0n) is 10.4. The molecule has 2 heterocycles. The highest BCUT2D eigenvalue weighted by Gasteiger charge is 2.24. The number of aromatic amines is 1. The van der Waals surface area contributed by atoms with Gasteiger partial charge in [0.1, 0.15) is 11.0 Å². The lowest BCUT2D eigenvalue weighted by Gasteiger charge is -2.24. The molecule has 0 spiro atoms. The fourth-order valence-corrected chi connectivity index (χ4v) is 2.84. The maximum Gasteiger partial charge on any atom is 0.355 e. The van der Waals surface area contributed by atoms with E-state index in [9.17, 15) is 4.79 Å². The van der Waals surface area contributed by atoms with Crippen LogP contribution in [0.5, 0.6) is 0 Å². The van der Waals surface area contributed by atoms with Crippen molar-refractivity contribution in [3.8, 4) is 0 Å². The Morgan fingerprint density at radius 1 is 1.63 bits per heavy atom. The van der Waals surface area contributed by atoms with E-state index in [2.05, 4.69) is 9.97 Å². The molecular formula is C12H15N3O3S. The minimum absolute atomic E-state index is 0.0326. The first-order valence-corrected chi connectivity index (χ1v) is 6.64. The first-order valence-electron chi connectivity index (χ1n) is 5.76. The van der Waals surface area contributed by atoms with Crippen LogP contribution < -0.4 is 0 Å². The lowest BCUT2D eigenvalue weighted by Crippen LogP contribution is -2.28. The lowest BCUT2D eigenvalue weighted by atomic mass is 10.2. The molecule has 0 aliphatic rings. The second-order valence-corrected chi connectivity index (χ2v) is 5.00. The Hall–Kier alpha value is -1.70. The summed E-state index contributed by atoms with van der Waals surface area (Å²) in [6, 6.07) is 3.61. The number of H-pyrrole nitrogens is 1. The van der Waals surface area contributed by atoms with Gasteiger partial charge in [-0.25, -0.2) is 9.78 Å². The van der Waals surface area contributed by atoms with Crippen LogP contribution in [-0.2, 0) is 0 Å². The van der Waals surface area contributed by atoms with Gasteiger partial charge in [0.05, 0.1) is 6.61 Å². The summed E-state index contributed by atoms with van der Waals surface area (Å²) < 4.78 is 0. The SMILES string of the molecule is CN(CCO)C(c1ccc[nH]1)c1nc(C(=O)O)cs1. The average molecular weight is 281 g/mol. The van der Waals surface area contributed by atoms with Gasteiger partial charge in [-0.3, -0.25) is 4.90 Å². The van der Waals surface area contributed by atoms with Gasteiger partial charge < -0.3 is 15.2 Å². The van der Waals surface area contributed by atoms with Gasteiger partial charge in [-0.05, 0) is 19.2 Å². The van der Waals surface area contributed by atoms with Crippen molar-refractivity contribution in [2.24, 2.45) is 0 Å². The predicted molar refractivity (Wildman–Crippen MR) is 71.4 cm³/mol. The number of hydrogen-bond acceptors (Lipinski definition) is 5. The molecule has 19 heavy (non-hydrogen) atoms. The zero-order valence-corrected chi connectivity index (χ0v) is 11.2. The number of carboxylic acid groups (broad SMARTS) is 1. The maximum absolute atomic E-state index is 10.9. The van der Waals surface area contributed by atoms with Gasteiger partial charge >= 0.3 is 5.97 Å². The van der Waals surface area contributed by atoms with Crippen LogP contribution in [-0.4, -0.2) is 51.2 Å². The molecule has 0 aromatic carbocycles. The van der Waals surface area contributed by atoms with Crippen molar-refractivity contribution in [3.05, 3.63) is 40.1 Å². The van der Waals surface area contributed by atoms with E-state index in [0.717, 1.165) is 5.69 Å². The van der Waals surface area contributed by atoms with Crippen LogP contribution in [0.25, 0.3) is 0 Å². The van der Waals surface area contributed by atoms with E-state index in [1.165, 1.54) is 16.7 Å². The molecule has 7 heteroatoms. The van der Waals surface area contributed by atoms with Crippen LogP contribution in [0.1, 0.15) is 27.2 Å². The van der Waals surface area contributed by atoms with E-state index in [1.807, 2.05) is 24.1 Å². The largest absolute Gasteiger partial charge is 0.476 e. The van der Waals surface area contributed by atoms with Crippen molar-refractivity contribution < 1.29 is 15.0 Å².